The van der Waals surface area contributed by atoms with Gasteiger partial charge >= 0.3 is 6.09 Å². The molecule has 0 radical (unpaired) electrons. The number of rotatable bonds is 9. The number of carbonyl (C=O) groups excluding carboxylic acids is 3. The normalized spacial score (nSPS) is 12.6. The van der Waals surface area contributed by atoms with Gasteiger partial charge < -0.3 is 30.1 Å². The molecule has 2 unspecified atom stereocenters. The molecule has 0 aromatic heterocycles. The summed E-state index contributed by atoms with van der Waals surface area (Å²) in [5.41, 5.74) is 0.524. The SMILES string of the molecule is C#Cc1ccccc1C(C(=O)Nc1ccc(OC)cc1)N(C(=O)C(CO)NC(=O)OC(C)(C)C)C(C)C. The van der Waals surface area contributed by atoms with Crippen LogP contribution in [0.15, 0.2) is 48.5 Å². The van der Waals surface area contributed by atoms with E-state index < -0.39 is 48.2 Å². The molecule has 0 heterocycles. The van der Waals surface area contributed by atoms with Gasteiger partial charge in [0.1, 0.15) is 23.4 Å². The molecule has 3 amide bonds. The van der Waals surface area contributed by atoms with Crippen molar-refractivity contribution in [2.45, 2.75) is 58.3 Å². The molecular formula is C28H35N3O6. The monoisotopic (exact) mass is 509 g/mol. The van der Waals surface area contributed by atoms with Crippen molar-refractivity contribution in [3.05, 3.63) is 59.7 Å². The average Bonchev–Trinajstić information content (AvgIpc) is 2.84. The first-order valence-corrected chi connectivity index (χ1v) is 11.8. The average molecular weight is 510 g/mol. The summed E-state index contributed by atoms with van der Waals surface area (Å²) < 4.78 is 10.4. The van der Waals surface area contributed by atoms with Gasteiger partial charge in [-0.15, -0.1) is 6.42 Å². The Kier molecular flexibility index (Phi) is 10.1. The Bertz CT molecular complexity index is 1130. The van der Waals surface area contributed by atoms with Gasteiger partial charge in [-0.1, -0.05) is 24.1 Å². The van der Waals surface area contributed by atoms with Crippen LogP contribution in [0.4, 0.5) is 10.5 Å². The summed E-state index contributed by atoms with van der Waals surface area (Å²) >= 11 is 0. The van der Waals surface area contributed by atoms with Crippen LogP contribution in [0.2, 0.25) is 0 Å². The summed E-state index contributed by atoms with van der Waals surface area (Å²) in [6.45, 7) is 7.79. The van der Waals surface area contributed by atoms with Gasteiger partial charge in [0.25, 0.3) is 5.91 Å². The lowest BCUT2D eigenvalue weighted by molar-refractivity contribution is -0.143. The molecule has 2 rings (SSSR count). The number of anilines is 1. The first-order chi connectivity index (χ1) is 17.4. The van der Waals surface area contributed by atoms with Crippen molar-refractivity contribution in [2.75, 3.05) is 19.0 Å². The third-order valence-corrected chi connectivity index (χ3v) is 5.28. The molecule has 0 fully saturated rings. The van der Waals surface area contributed by atoms with E-state index in [1.807, 2.05) is 0 Å². The Morgan fingerprint density at radius 3 is 2.22 bits per heavy atom. The van der Waals surface area contributed by atoms with E-state index in [9.17, 15) is 19.5 Å². The van der Waals surface area contributed by atoms with Gasteiger partial charge in [0.2, 0.25) is 5.91 Å². The third-order valence-electron chi connectivity index (χ3n) is 5.28. The molecule has 198 valence electrons. The third kappa shape index (κ3) is 7.98. The van der Waals surface area contributed by atoms with Crippen LogP contribution in [0.25, 0.3) is 0 Å². The number of hydrogen-bond donors (Lipinski definition) is 3. The summed E-state index contributed by atoms with van der Waals surface area (Å²) in [4.78, 5) is 41.1. The van der Waals surface area contributed by atoms with Crippen molar-refractivity contribution in [3.63, 3.8) is 0 Å². The fourth-order valence-corrected chi connectivity index (χ4v) is 3.66. The zero-order valence-electron chi connectivity index (χ0n) is 22.1. The lowest BCUT2D eigenvalue weighted by Gasteiger charge is -2.37. The van der Waals surface area contributed by atoms with Gasteiger partial charge in [-0.25, -0.2) is 4.79 Å². The van der Waals surface area contributed by atoms with Gasteiger partial charge in [-0.05, 0) is 70.5 Å². The lowest BCUT2D eigenvalue weighted by atomic mass is 9.96. The molecule has 0 bridgehead atoms. The van der Waals surface area contributed by atoms with Crippen LogP contribution >= 0.6 is 0 Å². The Balaban J connectivity index is 2.50. The maximum atomic E-state index is 13.7. The lowest BCUT2D eigenvalue weighted by Crippen LogP contribution is -2.55. The minimum absolute atomic E-state index is 0.423. The molecule has 9 nitrogen and oxygen atoms in total. The number of aliphatic hydroxyl groups is 1. The van der Waals surface area contributed by atoms with Gasteiger partial charge in [0.15, 0.2) is 0 Å². The Morgan fingerprint density at radius 2 is 1.70 bits per heavy atom. The van der Waals surface area contributed by atoms with Crippen molar-refractivity contribution in [3.8, 4) is 18.1 Å². The first kappa shape index (κ1) is 29.2. The molecule has 0 saturated carbocycles. The quantitative estimate of drug-likeness (QED) is 0.446. The van der Waals surface area contributed by atoms with E-state index >= 15 is 0 Å². The minimum Gasteiger partial charge on any atom is -0.497 e. The highest BCUT2D eigenvalue weighted by molar-refractivity contribution is 5.99. The molecule has 2 aromatic carbocycles. The van der Waals surface area contributed by atoms with E-state index in [1.165, 1.54) is 12.0 Å². The van der Waals surface area contributed by atoms with E-state index in [0.717, 1.165) is 0 Å². The maximum absolute atomic E-state index is 13.7. The van der Waals surface area contributed by atoms with Crippen molar-refractivity contribution >= 4 is 23.6 Å². The van der Waals surface area contributed by atoms with Gasteiger partial charge in [-0.2, -0.15) is 0 Å². The summed E-state index contributed by atoms with van der Waals surface area (Å²) in [5.74, 6) is 1.99. The number of alkyl carbamates (subject to hydrolysis) is 1. The number of carbonyl (C=O) groups is 3. The van der Waals surface area contributed by atoms with Crippen LogP contribution < -0.4 is 15.4 Å². The van der Waals surface area contributed by atoms with Crippen molar-refractivity contribution in [1.82, 2.24) is 10.2 Å². The second-order valence-electron chi connectivity index (χ2n) is 9.57. The number of ether oxygens (including phenoxy) is 2. The van der Waals surface area contributed by atoms with Crippen LogP contribution in [0, 0.1) is 12.3 Å². The topological polar surface area (TPSA) is 117 Å². The Labute approximate surface area is 218 Å². The molecule has 3 N–H and O–H groups in total. The number of benzene rings is 2. The largest absolute Gasteiger partial charge is 0.497 e. The van der Waals surface area contributed by atoms with Crippen LogP contribution in [0.1, 0.15) is 51.8 Å². The molecule has 0 aliphatic heterocycles. The van der Waals surface area contributed by atoms with Crippen molar-refractivity contribution in [2.24, 2.45) is 0 Å². The summed E-state index contributed by atoms with van der Waals surface area (Å²) in [6.07, 6.45) is 4.85. The summed E-state index contributed by atoms with van der Waals surface area (Å²) in [7, 11) is 1.54. The standard InChI is InChI=1S/C28H35N3O6/c1-8-19-11-9-10-12-22(19)24(25(33)29-20-13-15-21(36-7)16-14-20)31(18(2)3)26(34)23(17-32)30-27(35)37-28(4,5)6/h1,9-16,18,23-24,32H,17H2,2-7H3,(H,29,33)(H,30,35). The maximum Gasteiger partial charge on any atom is 0.408 e. The van der Waals surface area contributed by atoms with E-state index in [-0.39, 0.29) is 0 Å². The molecular weight excluding hydrogens is 474 g/mol. The van der Waals surface area contributed by atoms with Crippen molar-refractivity contribution < 1.29 is 29.0 Å². The van der Waals surface area contributed by atoms with Gasteiger partial charge in [0.05, 0.1) is 13.7 Å². The van der Waals surface area contributed by atoms with Crippen LogP contribution in [0.3, 0.4) is 0 Å². The second-order valence-corrected chi connectivity index (χ2v) is 9.57. The molecule has 2 aromatic rings. The van der Waals surface area contributed by atoms with Crippen LogP contribution in [-0.4, -0.2) is 59.3 Å². The van der Waals surface area contributed by atoms with Crippen molar-refractivity contribution in [1.29, 1.82) is 0 Å². The number of nitrogens with one attached hydrogen (secondary N) is 2. The zero-order valence-corrected chi connectivity index (χ0v) is 22.1. The smallest absolute Gasteiger partial charge is 0.408 e. The second kappa shape index (κ2) is 12.8. The molecule has 0 saturated heterocycles. The number of nitrogens with zero attached hydrogens (tertiary/aromatic N) is 1. The van der Waals surface area contributed by atoms with Crippen LogP contribution in [-0.2, 0) is 14.3 Å². The number of methoxy groups -OCH3 is 1. The molecule has 9 heteroatoms. The number of aliphatic hydroxyl groups excluding tert-OH is 1. The highest BCUT2D eigenvalue weighted by Gasteiger charge is 2.38. The highest BCUT2D eigenvalue weighted by Crippen LogP contribution is 2.29. The number of terminal acetylenes is 1. The Morgan fingerprint density at radius 1 is 1.08 bits per heavy atom. The van der Waals surface area contributed by atoms with Crippen LogP contribution in [0.5, 0.6) is 5.75 Å². The Hall–Kier alpha value is -4.03. The highest BCUT2D eigenvalue weighted by atomic mass is 16.6. The zero-order chi connectivity index (χ0) is 27.8. The van der Waals surface area contributed by atoms with Gasteiger partial charge in [0, 0.05) is 17.3 Å². The fourth-order valence-electron chi connectivity index (χ4n) is 3.66. The van der Waals surface area contributed by atoms with E-state index in [2.05, 4.69) is 16.6 Å². The number of hydrogen-bond acceptors (Lipinski definition) is 6. The minimum atomic E-state index is -1.36. The van der Waals surface area contributed by atoms with E-state index in [0.29, 0.717) is 22.6 Å². The fraction of sp³-hybridized carbons (Fsp3) is 0.393. The summed E-state index contributed by atoms with van der Waals surface area (Å²) in [6, 6.07) is 10.5. The van der Waals surface area contributed by atoms with E-state index in [1.54, 1.807) is 83.1 Å². The van der Waals surface area contributed by atoms with Gasteiger partial charge in [-0.3, -0.25) is 9.59 Å². The molecule has 0 spiro atoms. The summed E-state index contributed by atoms with van der Waals surface area (Å²) in [5, 5.41) is 15.2. The molecule has 37 heavy (non-hydrogen) atoms. The predicted octanol–water partition coefficient (Wildman–Crippen LogP) is 3.48. The molecule has 0 aliphatic carbocycles. The molecule has 0 aliphatic rings. The first-order valence-electron chi connectivity index (χ1n) is 11.8. The van der Waals surface area contributed by atoms with E-state index in [4.69, 9.17) is 15.9 Å². The number of amides is 3. The molecule has 2 atom stereocenters. The predicted molar refractivity (Wildman–Crippen MR) is 141 cm³/mol.